The average molecular weight is 137 g/mol. The molecule has 1 rings (SSSR count). The van der Waals surface area contributed by atoms with Gasteiger partial charge in [-0.05, 0) is 26.4 Å². The molecule has 0 aromatic rings. The topological polar surface area (TPSA) is 3.24 Å². The van der Waals surface area contributed by atoms with Crippen LogP contribution in [0.5, 0.6) is 0 Å². The molecule has 0 aliphatic carbocycles. The molecule has 1 heterocycles. The van der Waals surface area contributed by atoms with E-state index in [1.54, 1.807) is 0 Å². The molecule has 0 unspecified atom stereocenters. The van der Waals surface area contributed by atoms with Crippen molar-refractivity contribution in [1.29, 1.82) is 0 Å². The first-order valence-corrected chi connectivity index (χ1v) is 4.03. The van der Waals surface area contributed by atoms with Gasteiger partial charge >= 0.3 is 0 Å². The van der Waals surface area contributed by atoms with Gasteiger partial charge in [-0.1, -0.05) is 12.8 Å². The normalized spacial score (nSPS) is 26.0. The number of rotatable bonds is 0. The van der Waals surface area contributed by atoms with Gasteiger partial charge in [0.2, 0.25) is 0 Å². The zero-order valence-corrected chi connectivity index (χ0v) is 6.85. The van der Waals surface area contributed by atoms with Gasteiger partial charge in [0.05, 0.1) is 6.04 Å². The summed E-state index contributed by atoms with van der Waals surface area (Å²) in [4.78, 5) is 2.34. The third kappa shape index (κ3) is 1.75. The van der Waals surface area contributed by atoms with E-state index in [9.17, 15) is 0 Å². The van der Waals surface area contributed by atoms with Crippen molar-refractivity contribution in [3.63, 3.8) is 0 Å². The van der Waals surface area contributed by atoms with Crippen LogP contribution < -0.4 is 0 Å². The maximum absolute atomic E-state index is 3.26. The zero-order valence-electron chi connectivity index (χ0n) is 6.85. The number of nitrogens with zero attached hydrogens (tertiary/aromatic N) is 1. The minimum atomic E-state index is 0.556. The maximum atomic E-state index is 3.26. The van der Waals surface area contributed by atoms with Crippen molar-refractivity contribution >= 4 is 0 Å². The molecule has 0 aromatic heterocycles. The van der Waals surface area contributed by atoms with Crippen LogP contribution in [0.2, 0.25) is 0 Å². The molecule has 0 N–H and O–H groups in total. The molecular weight excluding hydrogens is 122 g/mol. The third-order valence-electron chi connectivity index (χ3n) is 1.97. The summed E-state index contributed by atoms with van der Waals surface area (Å²) in [6, 6.07) is 0.556. The molecule has 10 heavy (non-hydrogen) atoms. The summed E-state index contributed by atoms with van der Waals surface area (Å²) in [5, 5.41) is 0. The number of hydrogen-bond donors (Lipinski definition) is 0. The summed E-state index contributed by atoms with van der Waals surface area (Å²) in [6.07, 6.45) is 3.58. The Morgan fingerprint density at radius 3 is 2.90 bits per heavy atom. The lowest BCUT2D eigenvalue weighted by Gasteiger charge is -2.11. The van der Waals surface area contributed by atoms with Crippen LogP contribution in [0.3, 0.4) is 0 Å². The molecule has 1 saturated heterocycles. The predicted molar refractivity (Wildman–Crippen MR) is 43.7 cm³/mol. The highest BCUT2D eigenvalue weighted by Gasteiger charge is 2.17. The van der Waals surface area contributed by atoms with Crippen molar-refractivity contribution in [2.75, 3.05) is 13.6 Å². The second-order valence-electron chi connectivity index (χ2n) is 2.81. The van der Waals surface area contributed by atoms with Gasteiger partial charge in [0, 0.05) is 6.42 Å². The van der Waals surface area contributed by atoms with Gasteiger partial charge in [0.1, 0.15) is 0 Å². The van der Waals surface area contributed by atoms with E-state index in [4.69, 9.17) is 0 Å². The van der Waals surface area contributed by atoms with Crippen molar-refractivity contribution in [3.8, 4) is 11.8 Å². The number of likely N-dealkylation sites (tertiary alicyclic amines) is 1. The monoisotopic (exact) mass is 137 g/mol. The van der Waals surface area contributed by atoms with Gasteiger partial charge in [-0.25, -0.2) is 0 Å². The van der Waals surface area contributed by atoms with Crippen LogP contribution in [0.15, 0.2) is 0 Å². The van der Waals surface area contributed by atoms with E-state index >= 15 is 0 Å². The summed E-state index contributed by atoms with van der Waals surface area (Å²) < 4.78 is 0. The van der Waals surface area contributed by atoms with Gasteiger partial charge in [0.15, 0.2) is 0 Å². The lowest BCUT2D eigenvalue weighted by Crippen LogP contribution is -2.22. The second kappa shape index (κ2) is 3.63. The van der Waals surface area contributed by atoms with Crippen LogP contribution in [-0.2, 0) is 0 Å². The molecule has 1 nitrogen and oxygen atoms in total. The highest BCUT2D eigenvalue weighted by Crippen LogP contribution is 2.12. The van der Waals surface area contributed by atoms with E-state index in [-0.39, 0.29) is 0 Å². The van der Waals surface area contributed by atoms with Crippen LogP contribution in [0.4, 0.5) is 0 Å². The minimum absolute atomic E-state index is 0.556. The molecule has 1 atom stereocenters. The molecule has 1 fully saturated rings. The Balaban J connectivity index is 2.40. The lowest BCUT2D eigenvalue weighted by atomic mass is 10.2. The second-order valence-corrected chi connectivity index (χ2v) is 2.81. The van der Waals surface area contributed by atoms with Crippen molar-refractivity contribution < 1.29 is 0 Å². The Bertz CT molecular complexity index is 152. The fourth-order valence-electron chi connectivity index (χ4n) is 1.31. The molecule has 0 spiro atoms. The number of hydrogen-bond acceptors (Lipinski definition) is 1. The smallest absolute Gasteiger partial charge is 0.0712 e. The Labute approximate surface area is 63.4 Å². The van der Waals surface area contributed by atoms with Gasteiger partial charge in [0.25, 0.3) is 0 Å². The molecular formula is C9H15N. The Morgan fingerprint density at radius 2 is 2.40 bits per heavy atom. The quantitative estimate of drug-likeness (QED) is 0.457. The Morgan fingerprint density at radius 1 is 1.60 bits per heavy atom. The Hall–Kier alpha value is -0.480. The van der Waals surface area contributed by atoms with Crippen molar-refractivity contribution in [1.82, 2.24) is 4.90 Å². The fraction of sp³-hybridized carbons (Fsp3) is 0.778. The highest BCUT2D eigenvalue weighted by molar-refractivity contribution is 5.09. The average Bonchev–Trinajstić information content (AvgIpc) is 2.31. The van der Waals surface area contributed by atoms with E-state index in [0.717, 1.165) is 6.42 Å². The van der Waals surface area contributed by atoms with Crippen molar-refractivity contribution in [2.24, 2.45) is 0 Å². The van der Waals surface area contributed by atoms with E-state index in [0.29, 0.717) is 6.04 Å². The molecule has 0 aromatic carbocycles. The van der Waals surface area contributed by atoms with E-state index < -0.39 is 0 Å². The van der Waals surface area contributed by atoms with Crippen LogP contribution >= 0.6 is 0 Å². The fourth-order valence-corrected chi connectivity index (χ4v) is 1.31. The summed E-state index contributed by atoms with van der Waals surface area (Å²) in [6.45, 7) is 3.32. The molecule has 1 aliphatic rings. The highest BCUT2D eigenvalue weighted by atomic mass is 15.1. The first-order chi connectivity index (χ1) is 4.84. The van der Waals surface area contributed by atoms with Gasteiger partial charge in [-0.3, -0.25) is 4.90 Å². The molecule has 0 amide bonds. The van der Waals surface area contributed by atoms with Crippen LogP contribution in [0.1, 0.15) is 26.2 Å². The van der Waals surface area contributed by atoms with Crippen molar-refractivity contribution in [3.05, 3.63) is 0 Å². The van der Waals surface area contributed by atoms with E-state index in [1.165, 1.54) is 19.4 Å². The van der Waals surface area contributed by atoms with E-state index in [1.807, 2.05) is 0 Å². The first kappa shape index (κ1) is 7.63. The first-order valence-electron chi connectivity index (χ1n) is 4.03. The summed E-state index contributed by atoms with van der Waals surface area (Å²) in [5.41, 5.74) is 0. The summed E-state index contributed by atoms with van der Waals surface area (Å²) in [7, 11) is 2.15. The van der Waals surface area contributed by atoms with Gasteiger partial charge in [-0.2, -0.15) is 0 Å². The largest absolute Gasteiger partial charge is 0.293 e. The minimum Gasteiger partial charge on any atom is -0.293 e. The third-order valence-corrected chi connectivity index (χ3v) is 1.97. The Kier molecular flexibility index (Phi) is 2.77. The van der Waals surface area contributed by atoms with Gasteiger partial charge < -0.3 is 0 Å². The van der Waals surface area contributed by atoms with Crippen LogP contribution in [0, 0.1) is 11.8 Å². The lowest BCUT2D eigenvalue weighted by molar-refractivity contribution is 0.365. The molecule has 1 aliphatic heterocycles. The summed E-state index contributed by atoms with van der Waals surface area (Å²) in [5.74, 6) is 6.39. The maximum Gasteiger partial charge on any atom is 0.0712 e. The summed E-state index contributed by atoms with van der Waals surface area (Å²) >= 11 is 0. The standard InChI is InChI=1S/C9H15N/c1-3-4-6-9-7-5-8-10(9)2/h9H,3,5,7-8H2,1-2H3/t9-/m0/s1. The van der Waals surface area contributed by atoms with Crippen LogP contribution in [0.25, 0.3) is 0 Å². The predicted octanol–water partition coefficient (Wildman–Crippen LogP) is 1.49. The molecule has 0 bridgehead atoms. The van der Waals surface area contributed by atoms with Gasteiger partial charge in [-0.15, -0.1) is 5.92 Å². The van der Waals surface area contributed by atoms with Crippen molar-refractivity contribution in [2.45, 2.75) is 32.2 Å². The van der Waals surface area contributed by atoms with E-state index in [2.05, 4.69) is 30.7 Å². The SMILES string of the molecule is CCC#C[C@H]1CCCN1C. The molecule has 0 saturated carbocycles. The van der Waals surface area contributed by atoms with Crippen LogP contribution in [-0.4, -0.2) is 24.5 Å². The molecule has 56 valence electrons. The zero-order chi connectivity index (χ0) is 7.40. The molecule has 0 radical (unpaired) electrons. The molecule has 1 heteroatoms.